The SMILES string of the molecule is [2H]c1c([2H])c([2H])c([C@@H]2C[C@@H](N3CC[N@@+](COC(=O)CC4CCCCC4)(C([2H])([2H])[2H])C(C)(C)C3)c3cc(Cl)ccc32)c([2H])c1[2H].[Cl-]. The smallest absolute Gasteiger partial charge is 0.310 e. The maximum Gasteiger partial charge on any atom is 0.310 e. The van der Waals surface area contributed by atoms with Gasteiger partial charge in [-0.05, 0) is 67.9 Å². The van der Waals surface area contributed by atoms with Crippen LogP contribution >= 0.6 is 11.6 Å². The van der Waals surface area contributed by atoms with E-state index in [1.807, 2.05) is 26.0 Å². The maximum atomic E-state index is 12.9. The predicted molar refractivity (Wildman–Crippen MR) is 146 cm³/mol. The molecule has 4 nitrogen and oxygen atoms in total. The summed E-state index contributed by atoms with van der Waals surface area (Å²) in [6.45, 7) is 2.18. The second-order valence-electron chi connectivity index (χ2n) is 11.4. The van der Waals surface area contributed by atoms with E-state index in [1.54, 1.807) is 6.07 Å². The molecule has 2 aromatic rings. The molecular weight excluding hydrogens is 503 g/mol. The van der Waals surface area contributed by atoms with E-state index in [4.69, 9.17) is 27.3 Å². The molecule has 0 aromatic heterocycles. The molecule has 2 aliphatic carbocycles. The summed E-state index contributed by atoms with van der Waals surface area (Å²) in [5, 5.41) is 0.532. The Labute approximate surface area is 245 Å². The number of carbonyl (C=O) groups excluding carboxylic acids is 1. The van der Waals surface area contributed by atoms with Gasteiger partial charge in [0.25, 0.3) is 0 Å². The highest BCUT2D eigenvalue weighted by Crippen LogP contribution is 2.48. The third-order valence-electron chi connectivity index (χ3n) is 8.69. The zero-order valence-corrected chi connectivity index (χ0v) is 23.2. The highest BCUT2D eigenvalue weighted by Gasteiger charge is 2.49. The van der Waals surface area contributed by atoms with Crippen LogP contribution in [0.3, 0.4) is 0 Å². The number of quaternary nitrogens is 1. The van der Waals surface area contributed by atoms with E-state index >= 15 is 0 Å². The number of hydrogen-bond donors (Lipinski definition) is 0. The van der Waals surface area contributed by atoms with E-state index < -0.39 is 24.5 Å². The predicted octanol–water partition coefficient (Wildman–Crippen LogP) is 3.93. The average Bonchev–Trinajstić information content (AvgIpc) is 3.32. The Hall–Kier alpha value is -1.59. The van der Waals surface area contributed by atoms with Gasteiger partial charge in [0.05, 0.1) is 31.0 Å². The van der Waals surface area contributed by atoms with E-state index in [2.05, 4.69) is 4.90 Å². The van der Waals surface area contributed by atoms with Gasteiger partial charge in [0.15, 0.2) is 0 Å². The number of esters is 1. The summed E-state index contributed by atoms with van der Waals surface area (Å²) in [7, 11) is 0. The van der Waals surface area contributed by atoms with Crippen molar-refractivity contribution in [2.75, 3.05) is 33.3 Å². The molecule has 0 amide bonds. The van der Waals surface area contributed by atoms with Crippen LogP contribution in [0.1, 0.15) is 98.4 Å². The first-order chi connectivity index (χ1) is 20.6. The minimum atomic E-state index is -2.42. The molecule has 2 fully saturated rings. The summed E-state index contributed by atoms with van der Waals surface area (Å²) in [5.74, 6) is -0.487. The third kappa shape index (κ3) is 6.03. The molecule has 3 aliphatic rings. The molecule has 37 heavy (non-hydrogen) atoms. The Balaban J connectivity index is 0.00000461. The summed E-state index contributed by atoms with van der Waals surface area (Å²) in [6, 6.07) is 3.70. The van der Waals surface area contributed by atoms with Crippen LogP contribution in [0, 0.1) is 5.92 Å². The first-order valence-corrected chi connectivity index (χ1v) is 13.6. The van der Waals surface area contributed by atoms with Crippen LogP contribution in [0.4, 0.5) is 0 Å². The first kappa shape index (κ1) is 19.5. The van der Waals surface area contributed by atoms with Crippen LogP contribution in [0.5, 0.6) is 0 Å². The number of benzene rings is 2. The minimum Gasteiger partial charge on any atom is -1.00 e. The van der Waals surface area contributed by atoms with Crippen molar-refractivity contribution in [2.24, 2.45) is 5.92 Å². The summed E-state index contributed by atoms with van der Waals surface area (Å²) in [6.07, 6.45) is 6.22. The van der Waals surface area contributed by atoms with Gasteiger partial charge in [0.1, 0.15) is 5.54 Å². The van der Waals surface area contributed by atoms with Crippen LogP contribution in [0.2, 0.25) is 5.02 Å². The van der Waals surface area contributed by atoms with E-state index in [0.717, 1.165) is 36.8 Å². The largest absolute Gasteiger partial charge is 1.00 e. The molecule has 2 aromatic carbocycles. The molecule has 0 N–H and O–H groups in total. The molecule has 5 rings (SSSR count). The molecule has 3 atom stereocenters. The van der Waals surface area contributed by atoms with Crippen LogP contribution in [0.15, 0.2) is 48.4 Å². The van der Waals surface area contributed by atoms with Gasteiger partial charge in [-0.3, -0.25) is 14.2 Å². The molecule has 1 aliphatic heterocycles. The van der Waals surface area contributed by atoms with Gasteiger partial charge in [-0.2, -0.15) is 0 Å². The summed E-state index contributed by atoms with van der Waals surface area (Å²) >= 11 is 6.45. The van der Waals surface area contributed by atoms with Crippen molar-refractivity contribution in [3.63, 3.8) is 0 Å². The number of halogens is 2. The fourth-order valence-corrected chi connectivity index (χ4v) is 6.55. The summed E-state index contributed by atoms with van der Waals surface area (Å²) < 4.78 is 72.9. The lowest BCUT2D eigenvalue weighted by molar-refractivity contribution is -0.974. The molecule has 0 spiro atoms. The van der Waals surface area contributed by atoms with Gasteiger partial charge in [-0.25, -0.2) is 0 Å². The summed E-state index contributed by atoms with van der Waals surface area (Å²) in [4.78, 5) is 15.1. The number of piperazine rings is 1. The normalized spacial score (nSPS) is 31.2. The minimum absolute atomic E-state index is 0. The van der Waals surface area contributed by atoms with Crippen LogP contribution in [-0.4, -0.2) is 54.2 Å². The number of ether oxygens (including phenoxy) is 1. The molecular formula is C31H42Cl2N2O2. The summed E-state index contributed by atoms with van der Waals surface area (Å²) in [5.41, 5.74) is 1.20. The van der Waals surface area contributed by atoms with Crippen molar-refractivity contribution in [3.05, 3.63) is 70.1 Å². The van der Waals surface area contributed by atoms with Gasteiger partial charge in [-0.15, -0.1) is 0 Å². The highest BCUT2D eigenvalue weighted by molar-refractivity contribution is 6.30. The van der Waals surface area contributed by atoms with Crippen molar-refractivity contribution in [1.29, 1.82) is 0 Å². The fraction of sp³-hybridized carbons (Fsp3) is 0.581. The second kappa shape index (κ2) is 11.7. The van der Waals surface area contributed by atoms with E-state index in [0.29, 0.717) is 36.9 Å². The number of likely N-dealkylation sites (N-methyl/N-ethyl adjacent to an activating group) is 1. The quantitative estimate of drug-likeness (QED) is 0.401. The number of fused-ring (bicyclic) bond motifs is 1. The zero-order chi connectivity index (χ0) is 32.2. The lowest BCUT2D eigenvalue weighted by Gasteiger charge is -2.53. The number of hydrogen-bond acceptors (Lipinski definition) is 3. The Morgan fingerprint density at radius 1 is 1.19 bits per heavy atom. The van der Waals surface area contributed by atoms with Gasteiger partial charge < -0.3 is 17.1 Å². The van der Waals surface area contributed by atoms with Crippen molar-refractivity contribution < 1.29 is 37.4 Å². The lowest BCUT2D eigenvalue weighted by Crippen LogP contribution is -3.00. The van der Waals surface area contributed by atoms with Crippen LogP contribution < -0.4 is 12.4 Å². The Morgan fingerprint density at radius 2 is 1.95 bits per heavy atom. The van der Waals surface area contributed by atoms with Crippen LogP contribution in [0.25, 0.3) is 0 Å². The van der Waals surface area contributed by atoms with Crippen LogP contribution in [-0.2, 0) is 9.53 Å². The number of carbonyl (C=O) groups is 1. The number of nitrogens with zero attached hydrogens (tertiary/aromatic N) is 2. The molecule has 1 saturated carbocycles. The van der Waals surface area contributed by atoms with E-state index in [1.165, 1.54) is 6.42 Å². The standard InChI is InChI=1S/C31H42ClN2O2.ClH/c1-31(2)21-33(16-17-34(31,3)22-36-30(35)18-23-10-6-4-7-11-23)29-20-27(24-12-8-5-9-13-24)26-15-14-25(32)19-28(26)29;/h5,8-9,12-15,19,23,27,29H,4,6-7,10-11,16-18,20-22H2,1-3H3;1H/q+1;/p-1/t27-,29+,34+;/m0./s1/i3D3,5D,8D,9D,12D,13D;. The fourth-order valence-electron chi connectivity index (χ4n) is 6.37. The topological polar surface area (TPSA) is 29.5 Å². The maximum absolute atomic E-state index is 12.9. The van der Waals surface area contributed by atoms with Crippen molar-refractivity contribution in [3.8, 4) is 0 Å². The Kier molecular flexibility index (Phi) is 6.13. The van der Waals surface area contributed by atoms with Gasteiger partial charge >= 0.3 is 5.97 Å². The monoisotopic (exact) mass is 552 g/mol. The third-order valence-corrected chi connectivity index (χ3v) is 8.93. The Bertz CT molecular complexity index is 1400. The van der Waals surface area contributed by atoms with Crippen molar-refractivity contribution in [2.45, 2.75) is 76.3 Å². The van der Waals surface area contributed by atoms with E-state index in [9.17, 15) is 4.79 Å². The first-order valence-electron chi connectivity index (χ1n) is 17.2. The van der Waals surface area contributed by atoms with Gasteiger partial charge in [0.2, 0.25) is 6.73 Å². The average molecular weight is 554 g/mol. The zero-order valence-electron chi connectivity index (χ0n) is 29.7. The molecule has 0 unspecified atom stereocenters. The Morgan fingerprint density at radius 3 is 2.65 bits per heavy atom. The van der Waals surface area contributed by atoms with Gasteiger partial charge in [0, 0.05) is 29.9 Å². The van der Waals surface area contributed by atoms with Crippen molar-refractivity contribution in [1.82, 2.24) is 4.90 Å². The molecule has 1 heterocycles. The molecule has 0 bridgehead atoms. The number of rotatable bonds is 6. The highest BCUT2D eigenvalue weighted by atomic mass is 35.5. The molecule has 6 heteroatoms. The second-order valence-corrected chi connectivity index (χ2v) is 11.9. The van der Waals surface area contributed by atoms with Crippen molar-refractivity contribution >= 4 is 17.6 Å². The van der Waals surface area contributed by atoms with E-state index in [-0.39, 0.29) is 71.9 Å². The lowest BCUT2D eigenvalue weighted by atomic mass is 9.87. The molecule has 1 saturated heterocycles. The van der Waals surface area contributed by atoms with Gasteiger partial charge in [-0.1, -0.05) is 67.1 Å². The molecule has 0 radical (unpaired) electrons. The molecule has 202 valence electrons.